The van der Waals surface area contributed by atoms with Crippen LogP contribution in [0.25, 0.3) is 0 Å². The standard InChI is InChI=1S/C18H23O4P.ClH.Mg/c1-3-13-21-15-5-9-17(10-6-15)23(19,20)18-11-7-16(8-12-18)22-14-4-2;;/h5-12H,3-4,13-14H2,1-2H3,(H,19,20);1H;/q;;+2/p-2. The van der Waals surface area contributed by atoms with Crippen molar-refractivity contribution in [2.75, 3.05) is 13.2 Å². The SMILES string of the molecule is CCCOc1ccc(P(=O)([O-])c2ccc(OCCC)cc2)cc1.[Cl-].[Mg+2]. The molecule has 132 valence electrons. The van der Waals surface area contributed by atoms with Gasteiger partial charge in [-0.15, -0.1) is 0 Å². The van der Waals surface area contributed by atoms with Crippen LogP contribution < -0.4 is 37.4 Å². The maximum atomic E-state index is 12.6. The van der Waals surface area contributed by atoms with Gasteiger partial charge in [-0.2, -0.15) is 0 Å². The molecule has 0 unspecified atom stereocenters. The van der Waals surface area contributed by atoms with Gasteiger partial charge in [0.15, 0.2) is 0 Å². The second-order valence-corrected chi connectivity index (χ2v) is 7.37. The van der Waals surface area contributed by atoms with Gasteiger partial charge < -0.3 is 31.3 Å². The third kappa shape index (κ3) is 6.84. The zero-order valence-electron chi connectivity index (χ0n) is 14.6. The average Bonchev–Trinajstić information content (AvgIpc) is 2.59. The quantitative estimate of drug-likeness (QED) is 0.448. The van der Waals surface area contributed by atoms with E-state index >= 15 is 0 Å². The smallest absolute Gasteiger partial charge is 1.00 e. The van der Waals surface area contributed by atoms with Gasteiger partial charge in [-0.1, -0.05) is 13.8 Å². The normalized spacial score (nSPS) is 10.4. The van der Waals surface area contributed by atoms with Crippen molar-refractivity contribution in [1.29, 1.82) is 0 Å². The predicted molar refractivity (Wildman–Crippen MR) is 97.1 cm³/mol. The van der Waals surface area contributed by atoms with Crippen molar-refractivity contribution in [3.8, 4) is 11.5 Å². The molecule has 2 rings (SSSR count). The molecular formula is C18H22ClMgO4P. The first-order valence-corrected chi connectivity index (χ1v) is 9.48. The van der Waals surface area contributed by atoms with Gasteiger partial charge in [0.1, 0.15) is 11.5 Å². The van der Waals surface area contributed by atoms with Crippen LogP contribution in [0.15, 0.2) is 48.5 Å². The van der Waals surface area contributed by atoms with Crippen molar-refractivity contribution < 1.29 is 31.3 Å². The molecule has 0 N–H and O–H groups in total. The minimum atomic E-state index is -3.85. The molecule has 0 bridgehead atoms. The number of rotatable bonds is 8. The molecule has 0 heterocycles. The zero-order chi connectivity index (χ0) is 16.7. The number of benzene rings is 2. The zero-order valence-corrected chi connectivity index (χ0v) is 17.7. The van der Waals surface area contributed by atoms with Gasteiger partial charge in [0.2, 0.25) is 0 Å². The summed E-state index contributed by atoms with van der Waals surface area (Å²) in [4.78, 5) is 12.6. The van der Waals surface area contributed by atoms with E-state index < -0.39 is 7.37 Å². The first kappa shape index (κ1) is 24.3. The Kier molecular flexibility index (Phi) is 11.5. The van der Waals surface area contributed by atoms with Gasteiger partial charge in [0, 0.05) is 10.6 Å². The molecule has 4 nitrogen and oxygen atoms in total. The summed E-state index contributed by atoms with van der Waals surface area (Å²) in [6.45, 7) is 5.28. The van der Waals surface area contributed by atoms with Crippen LogP contribution in [0.5, 0.6) is 11.5 Å². The van der Waals surface area contributed by atoms with Crippen molar-refractivity contribution in [2.45, 2.75) is 26.7 Å². The van der Waals surface area contributed by atoms with Crippen molar-refractivity contribution >= 4 is 41.0 Å². The van der Waals surface area contributed by atoms with E-state index in [0.29, 0.717) is 24.7 Å². The van der Waals surface area contributed by atoms with Gasteiger partial charge in [-0.25, -0.2) is 0 Å². The molecule has 0 atom stereocenters. The monoisotopic (exact) mass is 392 g/mol. The summed E-state index contributed by atoms with van der Waals surface area (Å²) in [5.74, 6) is 1.36. The summed E-state index contributed by atoms with van der Waals surface area (Å²) >= 11 is 0. The van der Waals surface area contributed by atoms with E-state index in [1.807, 2.05) is 13.8 Å². The third-order valence-corrected chi connectivity index (χ3v) is 5.25. The van der Waals surface area contributed by atoms with Crippen molar-refractivity contribution in [1.82, 2.24) is 0 Å². The van der Waals surface area contributed by atoms with Crippen LogP contribution in [0, 0.1) is 0 Å². The fraction of sp³-hybridized carbons (Fsp3) is 0.333. The second kappa shape index (κ2) is 11.8. The molecule has 0 aliphatic carbocycles. The van der Waals surface area contributed by atoms with Gasteiger partial charge in [0.05, 0.1) is 20.6 Å². The molecular weight excluding hydrogens is 371 g/mol. The van der Waals surface area contributed by atoms with Crippen LogP contribution in [0.4, 0.5) is 0 Å². The predicted octanol–water partition coefficient (Wildman–Crippen LogP) is -0.523. The molecule has 0 amide bonds. The van der Waals surface area contributed by atoms with Crippen molar-refractivity contribution in [3.05, 3.63) is 48.5 Å². The molecule has 0 spiro atoms. The maximum Gasteiger partial charge on any atom is 2.00 e. The van der Waals surface area contributed by atoms with Crippen molar-refractivity contribution in [3.63, 3.8) is 0 Å². The minimum Gasteiger partial charge on any atom is -1.00 e. The molecule has 7 heteroatoms. The van der Waals surface area contributed by atoms with Gasteiger partial charge in [-0.05, 0) is 61.4 Å². The maximum absolute atomic E-state index is 12.6. The van der Waals surface area contributed by atoms with Gasteiger partial charge in [0.25, 0.3) is 0 Å². The number of ether oxygens (including phenoxy) is 2. The average molecular weight is 393 g/mol. The summed E-state index contributed by atoms with van der Waals surface area (Å²) in [5.41, 5.74) is 0. The second-order valence-electron chi connectivity index (χ2n) is 5.24. The minimum absolute atomic E-state index is 0. The topological polar surface area (TPSA) is 58.6 Å². The summed E-state index contributed by atoms with van der Waals surface area (Å²) in [5, 5.41) is 0.562. The third-order valence-electron chi connectivity index (χ3n) is 3.30. The largest absolute Gasteiger partial charge is 2.00 e. The van der Waals surface area contributed by atoms with Crippen LogP contribution in [0.1, 0.15) is 26.7 Å². The van der Waals surface area contributed by atoms with E-state index in [-0.39, 0.29) is 46.1 Å². The molecule has 0 aliphatic rings. The Bertz CT molecular complexity index is 606. The van der Waals surface area contributed by atoms with E-state index in [1.165, 1.54) is 0 Å². The molecule has 0 aromatic heterocycles. The van der Waals surface area contributed by atoms with E-state index in [0.717, 1.165) is 12.8 Å². The Morgan fingerprint density at radius 1 is 0.800 bits per heavy atom. The molecule has 0 radical (unpaired) electrons. The molecule has 2 aromatic carbocycles. The van der Waals surface area contributed by atoms with Crippen LogP contribution in [0.3, 0.4) is 0 Å². The molecule has 0 aliphatic heterocycles. The summed E-state index contributed by atoms with van der Waals surface area (Å²) in [6.07, 6.45) is 1.82. The Hall–Kier alpha value is -0.714. The number of hydrogen-bond acceptors (Lipinski definition) is 4. The van der Waals surface area contributed by atoms with E-state index in [4.69, 9.17) is 9.47 Å². The van der Waals surface area contributed by atoms with Crippen LogP contribution in [-0.2, 0) is 4.57 Å². The summed E-state index contributed by atoms with van der Waals surface area (Å²) < 4.78 is 23.6. The summed E-state index contributed by atoms with van der Waals surface area (Å²) in [6, 6.07) is 13.1. The number of halogens is 1. The Labute approximate surface area is 171 Å². The van der Waals surface area contributed by atoms with Crippen LogP contribution >= 0.6 is 7.37 Å². The first-order valence-electron chi connectivity index (χ1n) is 7.85. The fourth-order valence-corrected chi connectivity index (χ4v) is 3.45. The fourth-order valence-electron chi connectivity index (χ4n) is 2.07. The Morgan fingerprint density at radius 2 is 1.12 bits per heavy atom. The van der Waals surface area contributed by atoms with Gasteiger partial charge >= 0.3 is 23.1 Å². The van der Waals surface area contributed by atoms with Gasteiger partial charge in [-0.3, -0.25) is 0 Å². The first-order chi connectivity index (χ1) is 11.1. The molecule has 2 aromatic rings. The molecule has 0 saturated carbocycles. The van der Waals surface area contributed by atoms with E-state index in [1.54, 1.807) is 48.5 Å². The summed E-state index contributed by atoms with van der Waals surface area (Å²) in [7, 11) is -3.85. The molecule has 0 saturated heterocycles. The van der Waals surface area contributed by atoms with E-state index in [2.05, 4.69) is 0 Å². The van der Waals surface area contributed by atoms with Crippen LogP contribution in [0.2, 0.25) is 0 Å². The number of hydrogen-bond donors (Lipinski definition) is 0. The van der Waals surface area contributed by atoms with Crippen molar-refractivity contribution in [2.24, 2.45) is 0 Å². The molecule has 0 fully saturated rings. The Balaban J connectivity index is 0.00000288. The van der Waals surface area contributed by atoms with E-state index in [9.17, 15) is 9.46 Å². The molecule has 25 heavy (non-hydrogen) atoms. The van der Waals surface area contributed by atoms with Crippen LogP contribution in [-0.4, -0.2) is 36.3 Å². The Morgan fingerprint density at radius 3 is 1.40 bits per heavy atom.